The molecule has 6 nitrogen and oxygen atoms in total. The molecule has 0 aliphatic carbocycles. The van der Waals surface area contributed by atoms with E-state index >= 15 is 0 Å². The molecule has 4 rings (SSSR count). The molecule has 4 aromatic rings. The SMILES string of the molecule is CCOc1ccc(-c2csc(-n3nc(C)cc3NC(=O)c3c(F)cccc3F)n2)cc1. The fraction of sp³-hybridized carbons (Fsp3) is 0.136. The third kappa shape index (κ3) is 4.31. The van der Waals surface area contributed by atoms with Crippen LogP contribution in [0.1, 0.15) is 23.0 Å². The topological polar surface area (TPSA) is 69.0 Å². The van der Waals surface area contributed by atoms with Gasteiger partial charge in [-0.05, 0) is 50.2 Å². The molecular formula is C22H18F2N4O2S. The third-order valence-corrected chi connectivity index (χ3v) is 5.21. The Morgan fingerprint density at radius 2 is 1.87 bits per heavy atom. The lowest BCUT2D eigenvalue weighted by atomic mass is 10.2. The van der Waals surface area contributed by atoms with Gasteiger partial charge in [-0.3, -0.25) is 4.79 Å². The van der Waals surface area contributed by atoms with E-state index in [1.807, 2.05) is 36.6 Å². The minimum atomic E-state index is -0.938. The molecule has 0 spiro atoms. The summed E-state index contributed by atoms with van der Waals surface area (Å²) in [6.45, 7) is 4.25. The van der Waals surface area contributed by atoms with E-state index in [0.717, 1.165) is 29.1 Å². The molecule has 31 heavy (non-hydrogen) atoms. The largest absolute Gasteiger partial charge is 0.494 e. The van der Waals surface area contributed by atoms with Crippen LogP contribution in [-0.2, 0) is 0 Å². The highest BCUT2D eigenvalue weighted by molar-refractivity contribution is 7.12. The van der Waals surface area contributed by atoms with Crippen LogP contribution >= 0.6 is 11.3 Å². The van der Waals surface area contributed by atoms with E-state index in [2.05, 4.69) is 15.4 Å². The minimum Gasteiger partial charge on any atom is -0.494 e. The number of amides is 1. The lowest BCUT2D eigenvalue weighted by Crippen LogP contribution is -2.18. The number of aromatic nitrogens is 3. The number of carbonyl (C=O) groups excluding carboxylic acids is 1. The van der Waals surface area contributed by atoms with Crippen molar-refractivity contribution >= 4 is 23.1 Å². The van der Waals surface area contributed by atoms with Crippen LogP contribution in [0.2, 0.25) is 0 Å². The summed E-state index contributed by atoms with van der Waals surface area (Å²) >= 11 is 1.33. The van der Waals surface area contributed by atoms with Crippen LogP contribution in [0.25, 0.3) is 16.4 Å². The van der Waals surface area contributed by atoms with Gasteiger partial charge in [-0.1, -0.05) is 6.07 Å². The summed E-state index contributed by atoms with van der Waals surface area (Å²) in [5, 5.41) is 9.26. The number of anilines is 1. The number of thiazole rings is 1. The highest BCUT2D eigenvalue weighted by Gasteiger charge is 2.20. The lowest BCUT2D eigenvalue weighted by molar-refractivity contribution is 0.101. The second kappa shape index (κ2) is 8.65. The highest BCUT2D eigenvalue weighted by Crippen LogP contribution is 2.28. The van der Waals surface area contributed by atoms with Crippen molar-refractivity contribution in [3.8, 4) is 22.1 Å². The van der Waals surface area contributed by atoms with Gasteiger partial charge in [0, 0.05) is 17.0 Å². The zero-order valence-electron chi connectivity index (χ0n) is 16.7. The fourth-order valence-corrected chi connectivity index (χ4v) is 3.81. The number of hydrogen-bond donors (Lipinski definition) is 1. The molecule has 9 heteroatoms. The minimum absolute atomic E-state index is 0.262. The summed E-state index contributed by atoms with van der Waals surface area (Å²) in [7, 11) is 0. The number of carbonyl (C=O) groups is 1. The van der Waals surface area contributed by atoms with Gasteiger partial charge in [0.15, 0.2) is 0 Å². The quantitative estimate of drug-likeness (QED) is 0.446. The Morgan fingerprint density at radius 1 is 1.16 bits per heavy atom. The molecule has 1 amide bonds. The van der Waals surface area contributed by atoms with Gasteiger partial charge in [-0.2, -0.15) is 9.78 Å². The number of rotatable bonds is 6. The van der Waals surface area contributed by atoms with Crippen LogP contribution < -0.4 is 10.1 Å². The number of nitrogens with zero attached hydrogens (tertiary/aromatic N) is 3. The average Bonchev–Trinajstić information content (AvgIpc) is 3.35. The van der Waals surface area contributed by atoms with Gasteiger partial charge in [-0.15, -0.1) is 11.3 Å². The van der Waals surface area contributed by atoms with Crippen molar-refractivity contribution in [2.24, 2.45) is 0 Å². The Kier molecular flexibility index (Phi) is 5.77. The lowest BCUT2D eigenvalue weighted by Gasteiger charge is -2.08. The number of halogens is 2. The Labute approximate surface area is 181 Å². The maximum absolute atomic E-state index is 14.0. The molecule has 2 aromatic heterocycles. The second-order valence-electron chi connectivity index (χ2n) is 6.61. The normalized spacial score (nSPS) is 10.8. The molecule has 0 aliphatic heterocycles. The van der Waals surface area contributed by atoms with E-state index in [1.165, 1.54) is 22.1 Å². The standard InChI is InChI=1S/C22H18F2N4O2S/c1-3-30-15-9-7-14(8-10-15)18-12-31-22(25-18)28-19(11-13(2)27-28)26-21(29)20-16(23)5-4-6-17(20)24/h4-12H,3H2,1-2H3,(H,26,29). The predicted octanol–water partition coefficient (Wildman–Crippen LogP) is 5.23. The molecule has 0 unspecified atom stereocenters. The number of aryl methyl sites for hydroxylation is 1. The summed E-state index contributed by atoms with van der Waals surface area (Å²) in [5.41, 5.74) is 1.59. The molecule has 1 N–H and O–H groups in total. The molecule has 0 saturated heterocycles. The fourth-order valence-electron chi connectivity index (χ4n) is 3.01. The molecule has 0 saturated carbocycles. The molecule has 0 fully saturated rings. The molecule has 0 atom stereocenters. The van der Waals surface area contributed by atoms with Crippen molar-refractivity contribution in [3.63, 3.8) is 0 Å². The Morgan fingerprint density at radius 3 is 2.55 bits per heavy atom. The zero-order chi connectivity index (χ0) is 22.0. The first-order chi connectivity index (χ1) is 15.0. The molecule has 2 heterocycles. The van der Waals surface area contributed by atoms with Crippen molar-refractivity contribution in [3.05, 3.63) is 76.8 Å². The Balaban J connectivity index is 1.61. The molecular weight excluding hydrogens is 422 g/mol. The van der Waals surface area contributed by atoms with Crippen molar-refractivity contribution in [1.82, 2.24) is 14.8 Å². The molecule has 0 radical (unpaired) electrons. The summed E-state index contributed by atoms with van der Waals surface area (Å²) in [6.07, 6.45) is 0. The maximum Gasteiger partial charge on any atom is 0.262 e. The van der Waals surface area contributed by atoms with Crippen molar-refractivity contribution in [2.75, 3.05) is 11.9 Å². The summed E-state index contributed by atoms with van der Waals surface area (Å²) in [6, 6.07) is 12.4. The number of ether oxygens (including phenoxy) is 1. The highest BCUT2D eigenvalue weighted by atomic mass is 32.1. The maximum atomic E-state index is 14.0. The van der Waals surface area contributed by atoms with Crippen LogP contribution in [0.15, 0.2) is 53.9 Å². The van der Waals surface area contributed by atoms with Crippen molar-refractivity contribution < 1.29 is 18.3 Å². The van der Waals surface area contributed by atoms with Gasteiger partial charge in [0.25, 0.3) is 5.91 Å². The van der Waals surface area contributed by atoms with Crippen molar-refractivity contribution in [2.45, 2.75) is 13.8 Å². The van der Waals surface area contributed by atoms with E-state index < -0.39 is 23.1 Å². The number of hydrogen-bond acceptors (Lipinski definition) is 5. The van der Waals surface area contributed by atoms with Gasteiger partial charge in [0.05, 0.1) is 18.0 Å². The van der Waals surface area contributed by atoms with Crippen LogP contribution in [0.4, 0.5) is 14.6 Å². The van der Waals surface area contributed by atoms with Crippen molar-refractivity contribution in [1.29, 1.82) is 0 Å². The van der Waals surface area contributed by atoms with Gasteiger partial charge in [0.2, 0.25) is 5.13 Å². The monoisotopic (exact) mass is 440 g/mol. The number of benzene rings is 2. The second-order valence-corrected chi connectivity index (χ2v) is 7.44. The molecule has 0 aliphatic rings. The average molecular weight is 440 g/mol. The van der Waals surface area contributed by atoms with E-state index in [0.29, 0.717) is 17.4 Å². The third-order valence-electron chi connectivity index (χ3n) is 4.40. The van der Waals surface area contributed by atoms with E-state index in [1.54, 1.807) is 13.0 Å². The molecule has 0 bridgehead atoms. The summed E-state index contributed by atoms with van der Waals surface area (Å²) in [4.78, 5) is 17.1. The molecule has 2 aromatic carbocycles. The Bertz CT molecular complexity index is 1210. The smallest absolute Gasteiger partial charge is 0.262 e. The first kappa shape index (κ1) is 20.7. The first-order valence-corrected chi connectivity index (χ1v) is 10.4. The van der Waals surface area contributed by atoms with E-state index in [-0.39, 0.29) is 5.82 Å². The summed E-state index contributed by atoms with van der Waals surface area (Å²) in [5.74, 6) is -1.74. The zero-order valence-corrected chi connectivity index (χ0v) is 17.5. The van der Waals surface area contributed by atoms with Crippen LogP contribution in [0, 0.1) is 18.6 Å². The Hall–Kier alpha value is -3.59. The van der Waals surface area contributed by atoms with Crippen LogP contribution in [0.3, 0.4) is 0 Å². The first-order valence-electron chi connectivity index (χ1n) is 9.47. The molecule has 158 valence electrons. The number of nitrogens with one attached hydrogen (secondary N) is 1. The summed E-state index contributed by atoms with van der Waals surface area (Å²) < 4.78 is 34.8. The van der Waals surface area contributed by atoms with Gasteiger partial charge in [-0.25, -0.2) is 13.8 Å². The van der Waals surface area contributed by atoms with E-state index in [4.69, 9.17) is 4.74 Å². The predicted molar refractivity (Wildman–Crippen MR) is 115 cm³/mol. The van der Waals surface area contributed by atoms with Crippen LogP contribution in [0.5, 0.6) is 5.75 Å². The van der Waals surface area contributed by atoms with E-state index in [9.17, 15) is 13.6 Å². The van der Waals surface area contributed by atoms with Crippen LogP contribution in [-0.4, -0.2) is 27.3 Å². The van der Waals surface area contributed by atoms with Gasteiger partial charge >= 0.3 is 0 Å². The van der Waals surface area contributed by atoms with Gasteiger partial charge in [0.1, 0.15) is 28.8 Å². The van der Waals surface area contributed by atoms with Gasteiger partial charge < -0.3 is 10.1 Å².